The molecule has 4 aromatic rings. The fourth-order valence-electron chi connectivity index (χ4n) is 4.01. The summed E-state index contributed by atoms with van der Waals surface area (Å²) in [5.41, 5.74) is 4.67. The van der Waals surface area contributed by atoms with Crippen molar-refractivity contribution in [1.82, 2.24) is 4.98 Å². The van der Waals surface area contributed by atoms with E-state index in [2.05, 4.69) is 15.2 Å². The second-order valence-electron chi connectivity index (χ2n) is 7.81. The molecule has 0 spiro atoms. The summed E-state index contributed by atoms with van der Waals surface area (Å²) in [6, 6.07) is 21.8. The van der Waals surface area contributed by atoms with Crippen molar-refractivity contribution in [3.63, 3.8) is 0 Å². The lowest BCUT2D eigenvalue weighted by molar-refractivity contribution is 0.122. The Morgan fingerprint density at radius 1 is 0.812 bits per heavy atom. The Morgan fingerprint density at radius 3 is 2.22 bits per heavy atom. The lowest BCUT2D eigenvalue weighted by Gasteiger charge is -2.29. The van der Waals surface area contributed by atoms with Gasteiger partial charge in [-0.2, -0.15) is 0 Å². The normalized spacial score (nSPS) is 13.9. The smallest absolute Gasteiger partial charge is 0.250 e. The third-order valence-electron chi connectivity index (χ3n) is 5.82. The van der Waals surface area contributed by atoms with E-state index in [1.165, 1.54) is 0 Å². The monoisotopic (exact) mass is 425 g/mol. The molecular formula is C26H23N3O3. The topological polar surface area (TPSA) is 71.5 Å². The minimum absolute atomic E-state index is 0.364. The van der Waals surface area contributed by atoms with Gasteiger partial charge in [-0.1, -0.05) is 48.5 Å². The van der Waals surface area contributed by atoms with Gasteiger partial charge in [-0.3, -0.25) is 14.6 Å². The number of hydrogen-bond donors (Lipinski definition) is 1. The quantitative estimate of drug-likeness (QED) is 0.477. The summed E-state index contributed by atoms with van der Waals surface area (Å²) in [6.45, 7) is 3.51. The highest BCUT2D eigenvalue weighted by Gasteiger charge is 2.22. The van der Waals surface area contributed by atoms with Gasteiger partial charge < -0.3 is 15.0 Å². The standard InChI is InChI=1S/C26H23N3O3/c30-25-23(19-7-10-22(11-8-19)29-12-14-32-15-13-29)24(26(25)31)28-17-21-9-6-20(16-27-21)18-4-2-1-3-5-18/h1-11,16,28H,12-15,17H2. The zero-order valence-corrected chi connectivity index (χ0v) is 17.6. The van der Waals surface area contributed by atoms with Crippen molar-refractivity contribution in [3.8, 4) is 22.3 Å². The van der Waals surface area contributed by atoms with E-state index in [0.717, 1.165) is 41.2 Å². The second-order valence-corrected chi connectivity index (χ2v) is 7.81. The summed E-state index contributed by atoms with van der Waals surface area (Å²) in [7, 11) is 0. The van der Waals surface area contributed by atoms with Gasteiger partial charge in [0.25, 0.3) is 0 Å². The van der Waals surface area contributed by atoms with E-state index in [-0.39, 0.29) is 0 Å². The van der Waals surface area contributed by atoms with Gasteiger partial charge in [0.15, 0.2) is 0 Å². The van der Waals surface area contributed by atoms with Gasteiger partial charge in [0.1, 0.15) is 0 Å². The third kappa shape index (κ3) is 3.92. The average Bonchev–Trinajstić information content (AvgIpc) is 2.87. The second kappa shape index (κ2) is 8.77. The lowest BCUT2D eigenvalue weighted by Crippen LogP contribution is -2.36. The van der Waals surface area contributed by atoms with Crippen molar-refractivity contribution in [2.45, 2.75) is 6.54 Å². The maximum Gasteiger partial charge on any atom is 0.250 e. The van der Waals surface area contributed by atoms with Crippen molar-refractivity contribution in [1.29, 1.82) is 0 Å². The fourth-order valence-corrected chi connectivity index (χ4v) is 4.01. The van der Waals surface area contributed by atoms with E-state index in [1.807, 2.05) is 72.9 Å². The van der Waals surface area contributed by atoms with E-state index in [4.69, 9.17) is 4.74 Å². The van der Waals surface area contributed by atoms with Crippen LogP contribution in [0.25, 0.3) is 22.3 Å². The van der Waals surface area contributed by atoms with Crippen LogP contribution >= 0.6 is 0 Å². The van der Waals surface area contributed by atoms with E-state index in [9.17, 15) is 9.59 Å². The minimum atomic E-state index is -0.474. The van der Waals surface area contributed by atoms with Crippen molar-refractivity contribution in [2.24, 2.45) is 0 Å². The van der Waals surface area contributed by atoms with Crippen LogP contribution in [0.2, 0.25) is 0 Å². The van der Waals surface area contributed by atoms with Crippen molar-refractivity contribution < 1.29 is 4.74 Å². The highest BCUT2D eigenvalue weighted by molar-refractivity contribution is 5.82. The molecule has 6 heteroatoms. The SMILES string of the molecule is O=c1c(NCc2ccc(-c3ccccc3)cn2)c(-c2ccc(N3CCOCC3)cc2)c1=O. The Balaban J connectivity index is 1.29. The van der Waals surface area contributed by atoms with Crippen LogP contribution in [-0.2, 0) is 11.3 Å². The lowest BCUT2D eigenvalue weighted by atomic mass is 9.98. The Labute approximate surface area is 185 Å². The number of aromatic nitrogens is 1. The van der Waals surface area contributed by atoms with Crippen molar-refractivity contribution in [2.75, 3.05) is 36.5 Å². The van der Waals surface area contributed by atoms with Crippen molar-refractivity contribution >= 4 is 11.4 Å². The zero-order valence-electron chi connectivity index (χ0n) is 17.6. The number of benzene rings is 2. The maximum absolute atomic E-state index is 12.3. The molecule has 32 heavy (non-hydrogen) atoms. The van der Waals surface area contributed by atoms with E-state index < -0.39 is 10.9 Å². The first-order valence-corrected chi connectivity index (χ1v) is 10.7. The van der Waals surface area contributed by atoms with Gasteiger partial charge in [-0.05, 0) is 29.3 Å². The molecule has 1 aliphatic heterocycles. The van der Waals surface area contributed by atoms with Gasteiger partial charge in [0, 0.05) is 30.5 Å². The first kappa shape index (κ1) is 20.2. The van der Waals surface area contributed by atoms with E-state index in [1.54, 1.807) is 0 Å². The number of anilines is 2. The molecule has 0 aliphatic carbocycles. The molecule has 1 N–H and O–H groups in total. The fraction of sp³-hybridized carbons (Fsp3) is 0.192. The predicted octanol–water partition coefficient (Wildman–Crippen LogP) is 3.46. The molecule has 0 unspecified atom stereocenters. The predicted molar refractivity (Wildman–Crippen MR) is 127 cm³/mol. The van der Waals surface area contributed by atoms with Crippen LogP contribution in [-0.4, -0.2) is 31.3 Å². The van der Waals surface area contributed by atoms with E-state index in [0.29, 0.717) is 31.0 Å². The van der Waals surface area contributed by atoms with Gasteiger partial charge in [0.2, 0.25) is 10.9 Å². The summed E-state index contributed by atoms with van der Waals surface area (Å²) >= 11 is 0. The number of nitrogens with zero attached hydrogens (tertiary/aromatic N) is 2. The molecule has 1 aromatic heterocycles. The first-order chi connectivity index (χ1) is 15.7. The number of morpholine rings is 1. The van der Waals surface area contributed by atoms with Gasteiger partial charge in [-0.15, -0.1) is 0 Å². The molecule has 3 aromatic carbocycles. The molecule has 0 amide bonds. The van der Waals surface area contributed by atoms with Crippen LogP contribution in [0.4, 0.5) is 11.4 Å². The summed E-state index contributed by atoms with van der Waals surface area (Å²) in [5, 5.41) is 3.12. The molecule has 1 aliphatic rings. The molecule has 0 atom stereocenters. The molecule has 0 radical (unpaired) electrons. The van der Waals surface area contributed by atoms with Crippen LogP contribution in [0.1, 0.15) is 5.69 Å². The Bertz CT molecular complexity index is 1270. The third-order valence-corrected chi connectivity index (χ3v) is 5.82. The molecule has 2 heterocycles. The largest absolute Gasteiger partial charge is 0.378 e. The van der Waals surface area contributed by atoms with Gasteiger partial charge >= 0.3 is 0 Å². The first-order valence-electron chi connectivity index (χ1n) is 10.7. The highest BCUT2D eigenvalue weighted by Crippen LogP contribution is 2.27. The Morgan fingerprint density at radius 2 is 1.53 bits per heavy atom. The molecule has 0 bridgehead atoms. The van der Waals surface area contributed by atoms with Crippen LogP contribution in [0.3, 0.4) is 0 Å². The molecule has 5 rings (SSSR count). The van der Waals surface area contributed by atoms with E-state index >= 15 is 0 Å². The molecule has 160 valence electrons. The van der Waals surface area contributed by atoms with Gasteiger partial charge in [0.05, 0.1) is 36.7 Å². The number of hydrogen-bond acceptors (Lipinski definition) is 6. The van der Waals surface area contributed by atoms with Gasteiger partial charge in [-0.25, -0.2) is 0 Å². The summed E-state index contributed by atoms with van der Waals surface area (Å²) in [5.74, 6) is 0. The number of nitrogens with one attached hydrogen (secondary N) is 1. The number of rotatable bonds is 6. The molecule has 6 nitrogen and oxygen atoms in total. The maximum atomic E-state index is 12.3. The molecule has 0 saturated carbocycles. The van der Waals surface area contributed by atoms with Crippen molar-refractivity contribution in [3.05, 3.63) is 99.1 Å². The molecule has 1 saturated heterocycles. The number of pyridine rings is 1. The highest BCUT2D eigenvalue weighted by atomic mass is 16.5. The average molecular weight is 425 g/mol. The molecular weight excluding hydrogens is 402 g/mol. The minimum Gasteiger partial charge on any atom is -0.378 e. The Hall–Kier alpha value is -3.77. The van der Waals surface area contributed by atoms with Crippen LogP contribution in [0, 0.1) is 0 Å². The summed E-state index contributed by atoms with van der Waals surface area (Å²) in [4.78, 5) is 31.2. The summed E-state index contributed by atoms with van der Waals surface area (Å²) in [6.07, 6.45) is 1.82. The Kier molecular flexibility index (Phi) is 5.52. The number of ether oxygens (including phenoxy) is 1. The van der Waals surface area contributed by atoms with Crippen LogP contribution in [0.15, 0.2) is 82.5 Å². The summed E-state index contributed by atoms with van der Waals surface area (Å²) < 4.78 is 5.40. The van der Waals surface area contributed by atoms with Crippen LogP contribution < -0.4 is 21.1 Å². The molecule has 1 fully saturated rings. The van der Waals surface area contributed by atoms with Crippen LogP contribution in [0.5, 0.6) is 0 Å². The zero-order chi connectivity index (χ0) is 21.9.